The van der Waals surface area contributed by atoms with Gasteiger partial charge < -0.3 is 25.0 Å². The number of carbonyl (C=O) groups excluding carboxylic acids is 1. The molecule has 5 atom stereocenters. The minimum Gasteiger partial charge on any atom is -0.481 e. The van der Waals surface area contributed by atoms with Gasteiger partial charge in [-0.15, -0.1) is 0 Å². The summed E-state index contributed by atoms with van der Waals surface area (Å²) < 4.78 is 11.0. The first-order valence-corrected chi connectivity index (χ1v) is 9.45. The molecule has 10 heteroatoms. The monoisotopic (exact) mass is 386 g/mol. The average molecular weight is 386 g/mol. The quantitative estimate of drug-likeness (QED) is 0.540. The van der Waals surface area contributed by atoms with Crippen LogP contribution in [-0.2, 0) is 23.9 Å². The Morgan fingerprint density at radius 2 is 1.88 bits per heavy atom. The predicted molar refractivity (Wildman–Crippen MR) is 91.8 cm³/mol. The summed E-state index contributed by atoms with van der Waals surface area (Å²) in [5.41, 5.74) is -0.411. The van der Waals surface area contributed by atoms with E-state index in [1.807, 2.05) is 0 Å². The van der Waals surface area contributed by atoms with Crippen LogP contribution in [0.4, 0.5) is 0 Å². The fourth-order valence-electron chi connectivity index (χ4n) is 3.41. The molecule has 26 heavy (non-hydrogen) atoms. The van der Waals surface area contributed by atoms with Crippen LogP contribution in [0.2, 0.25) is 0 Å². The van der Waals surface area contributed by atoms with Gasteiger partial charge in [0.25, 0.3) is 0 Å². The number of nitrogens with one attached hydrogen (secondary N) is 1. The largest absolute Gasteiger partial charge is 0.481 e. The summed E-state index contributed by atoms with van der Waals surface area (Å²) in [6, 6.07) is -0.0405. The van der Waals surface area contributed by atoms with Crippen LogP contribution in [0.15, 0.2) is 4.99 Å². The number of amidine groups is 1. The van der Waals surface area contributed by atoms with Crippen LogP contribution in [0.5, 0.6) is 0 Å². The number of hydrogen-bond donors (Lipinski definition) is 3. The van der Waals surface area contributed by atoms with Crippen molar-refractivity contribution in [3.8, 4) is 0 Å². The number of carbonyl (C=O) groups is 3. The van der Waals surface area contributed by atoms with Gasteiger partial charge in [0, 0.05) is 24.8 Å². The number of aliphatic imine (C=N–C) groups is 1. The maximum atomic E-state index is 11.4. The van der Waals surface area contributed by atoms with E-state index in [9.17, 15) is 24.6 Å². The van der Waals surface area contributed by atoms with Crippen LogP contribution in [-0.4, -0.2) is 63.5 Å². The molecular formula is C16H22N2O7S. The van der Waals surface area contributed by atoms with E-state index in [0.29, 0.717) is 11.2 Å². The van der Waals surface area contributed by atoms with Gasteiger partial charge in [-0.25, -0.2) is 0 Å². The molecular weight excluding hydrogens is 364 g/mol. The van der Waals surface area contributed by atoms with E-state index < -0.39 is 47.3 Å². The van der Waals surface area contributed by atoms with E-state index >= 15 is 0 Å². The van der Waals surface area contributed by atoms with Crippen molar-refractivity contribution >= 4 is 34.8 Å². The van der Waals surface area contributed by atoms with Gasteiger partial charge in [0.1, 0.15) is 12.0 Å². The minimum atomic E-state index is -1.05. The zero-order chi connectivity index (χ0) is 18.8. The molecule has 0 aromatic rings. The van der Waals surface area contributed by atoms with Crippen LogP contribution in [0.1, 0.15) is 32.6 Å². The zero-order valence-electron chi connectivity index (χ0n) is 14.3. The molecule has 0 unspecified atom stereocenters. The van der Waals surface area contributed by atoms with Gasteiger partial charge in [-0.1, -0.05) is 11.8 Å². The summed E-state index contributed by atoms with van der Waals surface area (Å²) >= 11 is 1.39. The highest BCUT2D eigenvalue weighted by Gasteiger charge is 2.50. The number of ether oxygens (including phenoxy) is 2. The standard InChI is InChI=1S/C16H22N2O7S/c1-7(19)24-6-11-9(4-12(20)21)10(5-13(22)23)14-15(25-11)26-16(18-14)17-8-2-3-8/h8-11,14-15H,2-6H2,1H3,(H,17,18)(H,20,21)(H,22,23)/t9-,10+,11-,14+,15+/m0/s1. The van der Waals surface area contributed by atoms with Crippen LogP contribution in [0, 0.1) is 11.8 Å². The molecule has 1 saturated carbocycles. The number of fused-ring (bicyclic) bond motifs is 1. The molecule has 9 nitrogen and oxygen atoms in total. The summed E-state index contributed by atoms with van der Waals surface area (Å²) in [4.78, 5) is 38.5. The third kappa shape index (κ3) is 4.67. The second-order valence-electron chi connectivity index (χ2n) is 6.83. The molecule has 2 aliphatic heterocycles. The Bertz CT molecular complexity index is 622. The number of hydrogen-bond acceptors (Lipinski definition) is 8. The van der Waals surface area contributed by atoms with Gasteiger partial charge >= 0.3 is 17.9 Å². The minimum absolute atomic E-state index is 0.0986. The number of thioether (sulfide) groups is 1. The highest BCUT2D eigenvalue weighted by molar-refractivity contribution is 8.14. The summed E-state index contributed by atoms with van der Waals surface area (Å²) in [6.45, 7) is 1.16. The molecule has 3 N–H and O–H groups in total. The van der Waals surface area contributed by atoms with Gasteiger partial charge in [-0.05, 0) is 12.8 Å². The third-order valence-electron chi connectivity index (χ3n) is 4.72. The maximum Gasteiger partial charge on any atom is 0.303 e. The summed E-state index contributed by atoms with van der Waals surface area (Å²) in [7, 11) is 0. The molecule has 2 fully saturated rings. The molecule has 1 saturated heterocycles. The first kappa shape index (κ1) is 19.0. The molecule has 3 rings (SSSR count). The van der Waals surface area contributed by atoms with Crippen molar-refractivity contribution in [2.45, 2.75) is 56.2 Å². The molecule has 2 heterocycles. The number of aliphatic carboxylic acids is 2. The van der Waals surface area contributed by atoms with Crippen molar-refractivity contribution in [3.63, 3.8) is 0 Å². The van der Waals surface area contributed by atoms with Crippen molar-refractivity contribution in [1.29, 1.82) is 0 Å². The lowest BCUT2D eigenvalue weighted by Crippen LogP contribution is -2.50. The van der Waals surface area contributed by atoms with Gasteiger partial charge in [-0.3, -0.25) is 19.4 Å². The molecule has 3 aliphatic rings. The fraction of sp³-hybridized carbons (Fsp3) is 0.750. The Balaban J connectivity index is 1.81. The van der Waals surface area contributed by atoms with Crippen LogP contribution >= 0.6 is 11.8 Å². The lowest BCUT2D eigenvalue weighted by atomic mass is 9.76. The molecule has 0 radical (unpaired) electrons. The highest BCUT2D eigenvalue weighted by atomic mass is 32.2. The van der Waals surface area contributed by atoms with Gasteiger partial charge in [0.15, 0.2) is 5.17 Å². The van der Waals surface area contributed by atoms with Crippen molar-refractivity contribution in [3.05, 3.63) is 0 Å². The first-order valence-electron chi connectivity index (χ1n) is 8.57. The summed E-state index contributed by atoms with van der Waals surface area (Å²) in [5.74, 6) is -3.67. The van der Waals surface area contributed by atoms with E-state index in [1.165, 1.54) is 18.7 Å². The van der Waals surface area contributed by atoms with E-state index in [0.717, 1.165) is 12.8 Å². The Morgan fingerprint density at radius 1 is 1.23 bits per heavy atom. The molecule has 1 aliphatic carbocycles. The molecule has 144 valence electrons. The van der Waals surface area contributed by atoms with E-state index in [-0.39, 0.29) is 19.4 Å². The predicted octanol–water partition coefficient (Wildman–Crippen LogP) is 0.680. The molecule has 0 aromatic heterocycles. The zero-order valence-corrected chi connectivity index (χ0v) is 15.1. The van der Waals surface area contributed by atoms with Gasteiger partial charge in [0.05, 0.1) is 25.0 Å². The number of esters is 1. The topological polar surface area (TPSA) is 135 Å². The van der Waals surface area contributed by atoms with Crippen molar-refractivity contribution in [1.82, 2.24) is 5.32 Å². The molecule has 0 amide bonds. The SMILES string of the molecule is CC(=O)OC[C@@H]1O[C@@H]2SC(NC3CC3)=N[C@@H]2[C@H](CC(=O)O)[C@@H]1CC(=O)O. The van der Waals surface area contributed by atoms with Crippen LogP contribution in [0.25, 0.3) is 0 Å². The number of rotatable bonds is 7. The molecule has 0 bridgehead atoms. The Hall–Kier alpha value is -1.81. The number of nitrogens with zero attached hydrogens (tertiary/aromatic N) is 1. The lowest BCUT2D eigenvalue weighted by molar-refractivity contribution is -0.162. The average Bonchev–Trinajstić information content (AvgIpc) is 3.24. The van der Waals surface area contributed by atoms with Crippen LogP contribution in [0.3, 0.4) is 0 Å². The lowest BCUT2D eigenvalue weighted by Gasteiger charge is -2.42. The first-order chi connectivity index (χ1) is 12.3. The van der Waals surface area contributed by atoms with Crippen molar-refractivity contribution in [2.75, 3.05) is 6.61 Å². The summed E-state index contributed by atoms with van der Waals surface area (Å²) in [6.07, 6.45) is 0.998. The third-order valence-corrected chi connectivity index (χ3v) is 5.79. The van der Waals surface area contributed by atoms with E-state index in [2.05, 4.69) is 10.3 Å². The Morgan fingerprint density at radius 3 is 2.46 bits per heavy atom. The fourth-order valence-corrected chi connectivity index (χ4v) is 4.65. The second kappa shape index (κ2) is 7.83. The Labute approximate surface area is 154 Å². The summed E-state index contributed by atoms with van der Waals surface area (Å²) in [5, 5.41) is 22.6. The number of carboxylic acids is 2. The van der Waals surface area contributed by atoms with Gasteiger partial charge in [-0.2, -0.15) is 0 Å². The van der Waals surface area contributed by atoms with Gasteiger partial charge in [0.2, 0.25) is 0 Å². The normalized spacial score (nSPS) is 33.1. The number of carboxylic acid groups (broad SMARTS) is 2. The van der Waals surface area contributed by atoms with Crippen molar-refractivity contribution < 1.29 is 34.1 Å². The smallest absolute Gasteiger partial charge is 0.303 e. The maximum absolute atomic E-state index is 11.4. The van der Waals surface area contributed by atoms with E-state index in [4.69, 9.17) is 9.47 Å². The van der Waals surface area contributed by atoms with Crippen molar-refractivity contribution in [2.24, 2.45) is 16.8 Å². The van der Waals surface area contributed by atoms with E-state index in [1.54, 1.807) is 0 Å². The second-order valence-corrected chi connectivity index (χ2v) is 7.92. The molecule has 0 spiro atoms. The Kier molecular flexibility index (Phi) is 5.71. The highest BCUT2D eigenvalue weighted by Crippen LogP contribution is 2.44. The van der Waals surface area contributed by atoms with Crippen LogP contribution < -0.4 is 5.32 Å². The molecule has 0 aromatic carbocycles.